The summed E-state index contributed by atoms with van der Waals surface area (Å²) in [7, 11) is 0. The van der Waals surface area contributed by atoms with Gasteiger partial charge in [-0.2, -0.15) is 0 Å². The third-order valence-corrected chi connectivity index (χ3v) is 3.12. The van der Waals surface area contributed by atoms with Gasteiger partial charge in [0.2, 0.25) is 5.91 Å². The van der Waals surface area contributed by atoms with Crippen LogP contribution in [0.3, 0.4) is 0 Å². The van der Waals surface area contributed by atoms with E-state index in [4.69, 9.17) is 5.73 Å². The van der Waals surface area contributed by atoms with Crippen molar-refractivity contribution in [1.82, 2.24) is 4.90 Å². The fraction of sp³-hybridized carbons (Fsp3) is 0.462. The number of carbonyl (C=O) groups is 1. The molecule has 0 radical (unpaired) electrons. The van der Waals surface area contributed by atoms with Crippen molar-refractivity contribution in [3.05, 3.63) is 29.8 Å². The van der Waals surface area contributed by atoms with Gasteiger partial charge in [-0.3, -0.25) is 4.79 Å². The highest BCUT2D eigenvalue weighted by atomic mass is 16.3. The number of aliphatic hydroxyl groups is 1. The summed E-state index contributed by atoms with van der Waals surface area (Å²) in [5.41, 5.74) is 7.45. The van der Waals surface area contributed by atoms with Crippen LogP contribution in [0.4, 0.5) is 5.69 Å². The number of nitrogen functional groups attached to an aromatic ring is 1. The SMILES string of the molecule is Nc1ccc(CCC(=O)N2CC[C@@H](O)C2)cc1. The Morgan fingerprint density at radius 3 is 2.71 bits per heavy atom. The third-order valence-electron chi connectivity index (χ3n) is 3.12. The predicted molar refractivity (Wildman–Crippen MR) is 66.4 cm³/mol. The molecule has 0 unspecified atom stereocenters. The first kappa shape index (κ1) is 11.9. The van der Waals surface area contributed by atoms with Gasteiger partial charge in [-0.25, -0.2) is 0 Å². The minimum Gasteiger partial charge on any atom is -0.399 e. The molecule has 1 aromatic rings. The van der Waals surface area contributed by atoms with Crippen molar-refractivity contribution in [2.24, 2.45) is 0 Å². The van der Waals surface area contributed by atoms with E-state index in [0.717, 1.165) is 17.7 Å². The van der Waals surface area contributed by atoms with Gasteiger partial charge in [0.25, 0.3) is 0 Å². The number of benzene rings is 1. The van der Waals surface area contributed by atoms with Crippen LogP contribution >= 0.6 is 0 Å². The van der Waals surface area contributed by atoms with Crippen molar-refractivity contribution in [2.75, 3.05) is 18.8 Å². The Bertz CT molecular complexity index is 389. The molecule has 0 bridgehead atoms. The lowest BCUT2D eigenvalue weighted by Crippen LogP contribution is -2.29. The van der Waals surface area contributed by atoms with Gasteiger partial charge in [0.15, 0.2) is 0 Å². The summed E-state index contributed by atoms with van der Waals surface area (Å²) in [6, 6.07) is 7.59. The number of carbonyl (C=O) groups excluding carboxylic acids is 1. The first-order valence-electron chi connectivity index (χ1n) is 5.95. The summed E-state index contributed by atoms with van der Waals surface area (Å²) in [6.45, 7) is 1.17. The van der Waals surface area contributed by atoms with Crippen molar-refractivity contribution < 1.29 is 9.90 Å². The smallest absolute Gasteiger partial charge is 0.222 e. The summed E-state index contributed by atoms with van der Waals surface area (Å²) in [4.78, 5) is 13.6. The number of aryl methyl sites for hydroxylation is 1. The Morgan fingerprint density at radius 2 is 2.12 bits per heavy atom. The van der Waals surface area contributed by atoms with Gasteiger partial charge in [-0.05, 0) is 30.5 Å². The van der Waals surface area contributed by atoms with Crippen molar-refractivity contribution in [3.8, 4) is 0 Å². The Morgan fingerprint density at radius 1 is 1.41 bits per heavy atom. The van der Waals surface area contributed by atoms with Gasteiger partial charge in [-0.1, -0.05) is 12.1 Å². The number of amides is 1. The summed E-state index contributed by atoms with van der Waals surface area (Å²) < 4.78 is 0. The fourth-order valence-electron chi connectivity index (χ4n) is 2.06. The molecule has 1 fully saturated rings. The molecule has 0 spiro atoms. The lowest BCUT2D eigenvalue weighted by Gasteiger charge is -2.15. The van der Waals surface area contributed by atoms with Crippen molar-refractivity contribution >= 4 is 11.6 Å². The third kappa shape index (κ3) is 3.20. The average molecular weight is 234 g/mol. The van der Waals surface area contributed by atoms with Crippen LogP contribution in [0.5, 0.6) is 0 Å². The first-order chi connectivity index (χ1) is 8.15. The van der Waals surface area contributed by atoms with E-state index >= 15 is 0 Å². The topological polar surface area (TPSA) is 66.6 Å². The molecular weight excluding hydrogens is 216 g/mol. The number of hydrogen-bond donors (Lipinski definition) is 2. The number of rotatable bonds is 3. The molecule has 1 saturated heterocycles. The van der Waals surface area contributed by atoms with Crippen LogP contribution in [0.25, 0.3) is 0 Å². The van der Waals surface area contributed by atoms with E-state index in [-0.39, 0.29) is 12.0 Å². The molecule has 3 N–H and O–H groups in total. The number of aliphatic hydroxyl groups excluding tert-OH is 1. The van der Waals surface area contributed by atoms with Gasteiger partial charge in [0.05, 0.1) is 6.10 Å². The van der Waals surface area contributed by atoms with E-state index in [1.807, 2.05) is 24.3 Å². The zero-order chi connectivity index (χ0) is 12.3. The highest BCUT2D eigenvalue weighted by Gasteiger charge is 2.23. The van der Waals surface area contributed by atoms with E-state index in [1.54, 1.807) is 4.90 Å². The Hall–Kier alpha value is -1.55. The molecule has 0 aliphatic carbocycles. The number of nitrogens with zero attached hydrogens (tertiary/aromatic N) is 1. The van der Waals surface area contributed by atoms with Crippen molar-refractivity contribution in [3.63, 3.8) is 0 Å². The normalized spacial score (nSPS) is 19.6. The molecule has 1 heterocycles. The molecular formula is C13H18N2O2. The van der Waals surface area contributed by atoms with Crippen molar-refractivity contribution in [2.45, 2.75) is 25.4 Å². The maximum atomic E-state index is 11.8. The predicted octanol–water partition coefficient (Wildman–Crippen LogP) is 0.795. The van der Waals surface area contributed by atoms with Gasteiger partial charge < -0.3 is 15.7 Å². The zero-order valence-corrected chi connectivity index (χ0v) is 9.80. The second kappa shape index (κ2) is 5.19. The largest absolute Gasteiger partial charge is 0.399 e. The van der Waals surface area contributed by atoms with E-state index < -0.39 is 0 Å². The van der Waals surface area contributed by atoms with Crippen LogP contribution < -0.4 is 5.73 Å². The Labute approximate surface area is 101 Å². The standard InChI is InChI=1S/C13H18N2O2/c14-11-4-1-10(2-5-11)3-6-13(17)15-8-7-12(16)9-15/h1-2,4-5,12,16H,3,6-9,14H2/t12-/m1/s1. The number of likely N-dealkylation sites (tertiary alicyclic amines) is 1. The molecule has 92 valence electrons. The van der Waals surface area contributed by atoms with E-state index in [9.17, 15) is 9.90 Å². The highest BCUT2D eigenvalue weighted by Crippen LogP contribution is 2.12. The summed E-state index contributed by atoms with van der Waals surface area (Å²) in [5, 5.41) is 9.36. The molecule has 4 nitrogen and oxygen atoms in total. The maximum Gasteiger partial charge on any atom is 0.222 e. The maximum absolute atomic E-state index is 11.8. The Balaban J connectivity index is 1.82. The quantitative estimate of drug-likeness (QED) is 0.760. The lowest BCUT2D eigenvalue weighted by molar-refractivity contribution is -0.130. The van der Waals surface area contributed by atoms with E-state index in [2.05, 4.69) is 0 Å². The zero-order valence-electron chi connectivity index (χ0n) is 9.80. The molecule has 1 atom stereocenters. The van der Waals surface area contributed by atoms with Crippen LogP contribution in [-0.2, 0) is 11.2 Å². The molecule has 0 saturated carbocycles. The molecule has 0 aromatic heterocycles. The molecule has 2 rings (SSSR count). The summed E-state index contributed by atoms with van der Waals surface area (Å²) >= 11 is 0. The van der Waals surface area contributed by atoms with Crippen LogP contribution in [-0.4, -0.2) is 35.1 Å². The van der Waals surface area contributed by atoms with Crippen LogP contribution in [0, 0.1) is 0 Å². The van der Waals surface area contributed by atoms with Crippen LogP contribution in [0.1, 0.15) is 18.4 Å². The van der Waals surface area contributed by atoms with Crippen LogP contribution in [0.2, 0.25) is 0 Å². The number of anilines is 1. The molecule has 1 aromatic carbocycles. The first-order valence-corrected chi connectivity index (χ1v) is 5.95. The highest BCUT2D eigenvalue weighted by molar-refractivity contribution is 5.76. The lowest BCUT2D eigenvalue weighted by atomic mass is 10.1. The summed E-state index contributed by atoms with van der Waals surface area (Å²) in [5.74, 6) is 0.123. The minimum atomic E-state index is -0.338. The van der Waals surface area contributed by atoms with Gasteiger partial charge in [0, 0.05) is 25.2 Å². The fourth-order valence-corrected chi connectivity index (χ4v) is 2.06. The number of hydrogen-bond acceptors (Lipinski definition) is 3. The average Bonchev–Trinajstić information content (AvgIpc) is 2.75. The second-order valence-corrected chi connectivity index (χ2v) is 4.52. The number of β-amino-alcohol motifs (C(OH)–C–C–N with tert-alkyl or cyclic N) is 1. The summed E-state index contributed by atoms with van der Waals surface area (Å²) in [6.07, 6.45) is 1.59. The molecule has 4 heteroatoms. The molecule has 1 aliphatic heterocycles. The molecule has 1 aliphatic rings. The Kier molecular flexibility index (Phi) is 3.64. The van der Waals surface area contributed by atoms with Crippen molar-refractivity contribution in [1.29, 1.82) is 0 Å². The van der Waals surface area contributed by atoms with Crippen LogP contribution in [0.15, 0.2) is 24.3 Å². The minimum absolute atomic E-state index is 0.123. The number of nitrogens with two attached hydrogens (primary N) is 1. The molecule has 1 amide bonds. The van der Waals surface area contributed by atoms with Gasteiger partial charge in [0.1, 0.15) is 0 Å². The monoisotopic (exact) mass is 234 g/mol. The second-order valence-electron chi connectivity index (χ2n) is 4.52. The van der Waals surface area contributed by atoms with E-state index in [0.29, 0.717) is 25.9 Å². The van der Waals surface area contributed by atoms with Gasteiger partial charge >= 0.3 is 0 Å². The molecule has 17 heavy (non-hydrogen) atoms. The van der Waals surface area contributed by atoms with E-state index in [1.165, 1.54) is 0 Å². The van der Waals surface area contributed by atoms with Gasteiger partial charge in [-0.15, -0.1) is 0 Å².